The second kappa shape index (κ2) is 6.10. The van der Waals surface area contributed by atoms with Gasteiger partial charge in [-0.1, -0.05) is 0 Å². The number of nitrogens with one attached hydrogen (secondary N) is 2. The predicted molar refractivity (Wildman–Crippen MR) is 78.0 cm³/mol. The minimum absolute atomic E-state index is 0.234. The Balaban J connectivity index is 2.04. The summed E-state index contributed by atoms with van der Waals surface area (Å²) in [7, 11) is -1.62. The van der Waals surface area contributed by atoms with Crippen LogP contribution < -0.4 is 10.0 Å². The van der Waals surface area contributed by atoms with E-state index in [1.165, 1.54) is 22.7 Å². The first-order valence-corrected chi connectivity index (χ1v) is 8.82. The maximum Gasteiger partial charge on any atom is 0.241 e. The average molecular weight is 317 g/mol. The maximum atomic E-state index is 12.1. The van der Waals surface area contributed by atoms with Crippen LogP contribution in [0.5, 0.6) is 0 Å². The molecule has 0 fully saturated rings. The molecule has 2 rings (SSSR count). The van der Waals surface area contributed by atoms with Gasteiger partial charge in [-0.2, -0.15) is 0 Å². The first-order valence-electron chi connectivity index (χ1n) is 5.64. The molecule has 0 atom stereocenters. The third kappa shape index (κ3) is 3.83. The van der Waals surface area contributed by atoms with Crippen molar-refractivity contribution in [2.45, 2.75) is 24.9 Å². The second-order valence-corrected chi connectivity index (χ2v) is 8.05. The van der Waals surface area contributed by atoms with Gasteiger partial charge in [0.25, 0.3) is 0 Å². The van der Waals surface area contributed by atoms with E-state index in [9.17, 15) is 8.42 Å². The summed E-state index contributed by atoms with van der Waals surface area (Å²) in [5.74, 6) is 0. The lowest BCUT2D eigenvalue weighted by atomic mass is 10.5. The quantitative estimate of drug-likeness (QED) is 0.851. The monoisotopic (exact) mass is 317 g/mol. The van der Waals surface area contributed by atoms with E-state index in [0.717, 1.165) is 14.8 Å². The number of aromatic nitrogens is 1. The molecule has 0 unspecified atom stereocenters. The van der Waals surface area contributed by atoms with E-state index in [2.05, 4.69) is 15.0 Å². The molecule has 19 heavy (non-hydrogen) atoms. The highest BCUT2D eigenvalue weighted by molar-refractivity contribution is 7.89. The van der Waals surface area contributed by atoms with Crippen LogP contribution in [-0.2, 0) is 23.1 Å². The fraction of sp³-hybridized carbons (Fsp3) is 0.364. The molecule has 8 heteroatoms. The summed E-state index contributed by atoms with van der Waals surface area (Å²) in [6.07, 6.45) is 1.74. The number of rotatable bonds is 6. The zero-order valence-electron chi connectivity index (χ0n) is 10.6. The number of aryl methyl sites for hydroxylation is 1. The molecule has 0 radical (unpaired) electrons. The molecule has 0 aromatic carbocycles. The lowest BCUT2D eigenvalue weighted by Crippen LogP contribution is -2.22. The van der Waals surface area contributed by atoms with E-state index < -0.39 is 10.0 Å². The maximum absolute atomic E-state index is 12.1. The van der Waals surface area contributed by atoms with Crippen LogP contribution in [0.1, 0.15) is 14.8 Å². The molecular formula is C11H15N3O2S3. The third-order valence-corrected chi connectivity index (χ3v) is 5.75. The number of hydrogen-bond acceptors (Lipinski definition) is 6. The first kappa shape index (κ1) is 14.6. The summed E-state index contributed by atoms with van der Waals surface area (Å²) < 4.78 is 26.7. The van der Waals surface area contributed by atoms with E-state index in [1.54, 1.807) is 17.6 Å². The zero-order valence-corrected chi connectivity index (χ0v) is 13.1. The molecule has 5 nitrogen and oxygen atoms in total. The highest BCUT2D eigenvalue weighted by atomic mass is 32.2. The Bertz CT molecular complexity index is 646. The van der Waals surface area contributed by atoms with E-state index >= 15 is 0 Å². The van der Waals surface area contributed by atoms with E-state index in [1.807, 2.05) is 14.0 Å². The number of nitrogens with zero attached hydrogens (tertiary/aromatic N) is 1. The third-order valence-electron chi connectivity index (χ3n) is 2.37. The van der Waals surface area contributed by atoms with Crippen molar-refractivity contribution in [3.8, 4) is 0 Å². The molecule has 0 bridgehead atoms. The van der Waals surface area contributed by atoms with Crippen LogP contribution in [0.2, 0.25) is 0 Å². The molecule has 104 valence electrons. The first-order chi connectivity index (χ1) is 9.01. The molecule has 2 aromatic rings. The van der Waals surface area contributed by atoms with Crippen molar-refractivity contribution in [1.82, 2.24) is 15.0 Å². The Labute approximate surface area is 120 Å². The van der Waals surface area contributed by atoms with Gasteiger partial charge in [-0.25, -0.2) is 18.1 Å². The molecule has 0 aliphatic heterocycles. The largest absolute Gasteiger partial charge is 0.315 e. The summed E-state index contributed by atoms with van der Waals surface area (Å²) in [4.78, 5) is 6.51. The zero-order chi connectivity index (χ0) is 13.9. The van der Waals surface area contributed by atoms with Crippen LogP contribution in [0.4, 0.5) is 0 Å². The van der Waals surface area contributed by atoms with Crippen LogP contribution in [0.3, 0.4) is 0 Å². The fourth-order valence-electron chi connectivity index (χ4n) is 1.49. The number of sulfonamides is 1. The Morgan fingerprint density at radius 2 is 2.16 bits per heavy atom. The molecule has 0 aliphatic rings. The molecule has 0 saturated heterocycles. The van der Waals surface area contributed by atoms with E-state index in [4.69, 9.17) is 0 Å². The van der Waals surface area contributed by atoms with Gasteiger partial charge in [0.15, 0.2) is 0 Å². The Morgan fingerprint density at radius 3 is 2.79 bits per heavy atom. The van der Waals surface area contributed by atoms with Gasteiger partial charge in [0, 0.05) is 27.9 Å². The highest BCUT2D eigenvalue weighted by Crippen LogP contribution is 2.19. The molecular weight excluding hydrogens is 302 g/mol. The standard InChI is InChI=1S/C11H15N3O2S3/c1-8-4-13-11(18-8)6-14-19(15,16)10-3-9(5-12-2)17-7-10/h3-4,7,12,14H,5-6H2,1-2H3. The van der Waals surface area contributed by atoms with Crippen LogP contribution in [0, 0.1) is 6.92 Å². The van der Waals surface area contributed by atoms with Gasteiger partial charge >= 0.3 is 0 Å². The van der Waals surface area contributed by atoms with Crippen LogP contribution >= 0.6 is 22.7 Å². The van der Waals surface area contributed by atoms with Gasteiger partial charge in [0.05, 0.1) is 11.4 Å². The summed E-state index contributed by atoms with van der Waals surface area (Å²) >= 11 is 2.92. The van der Waals surface area contributed by atoms with Gasteiger partial charge < -0.3 is 5.32 Å². The lowest BCUT2D eigenvalue weighted by molar-refractivity contribution is 0.581. The summed E-state index contributed by atoms with van der Waals surface area (Å²) in [5, 5.41) is 5.42. The minimum atomic E-state index is -3.45. The minimum Gasteiger partial charge on any atom is -0.315 e. The van der Waals surface area contributed by atoms with E-state index in [-0.39, 0.29) is 6.54 Å². The van der Waals surface area contributed by atoms with Crippen LogP contribution in [0.15, 0.2) is 22.5 Å². The average Bonchev–Trinajstić information content (AvgIpc) is 2.97. The Hall–Kier alpha value is -0.800. The fourth-order valence-corrected chi connectivity index (χ4v) is 4.58. The van der Waals surface area contributed by atoms with Crippen molar-refractivity contribution in [3.63, 3.8) is 0 Å². The number of thiophene rings is 1. The summed E-state index contributed by atoms with van der Waals surface area (Å²) in [6, 6.07) is 1.69. The van der Waals surface area contributed by atoms with Gasteiger partial charge in [0.2, 0.25) is 10.0 Å². The van der Waals surface area contributed by atoms with Gasteiger partial charge in [0.1, 0.15) is 5.01 Å². The predicted octanol–water partition coefficient (Wildman–Crippen LogP) is 1.71. The van der Waals surface area contributed by atoms with Gasteiger partial charge in [-0.05, 0) is 20.0 Å². The lowest BCUT2D eigenvalue weighted by Gasteiger charge is -2.02. The van der Waals surface area contributed by atoms with Crippen molar-refractivity contribution < 1.29 is 8.42 Å². The normalized spacial score (nSPS) is 11.9. The second-order valence-electron chi connectivity index (χ2n) is 3.97. The van der Waals surface area contributed by atoms with Crippen molar-refractivity contribution in [3.05, 3.63) is 32.4 Å². The van der Waals surface area contributed by atoms with Crippen molar-refractivity contribution in [2.75, 3.05) is 7.05 Å². The van der Waals surface area contributed by atoms with Crippen molar-refractivity contribution >= 4 is 32.7 Å². The SMILES string of the molecule is CNCc1cc(S(=O)(=O)NCc2ncc(C)s2)cs1. The van der Waals surface area contributed by atoms with Crippen molar-refractivity contribution in [2.24, 2.45) is 0 Å². The van der Waals surface area contributed by atoms with Crippen LogP contribution in [-0.4, -0.2) is 20.4 Å². The molecule has 2 aromatic heterocycles. The molecule has 0 spiro atoms. The molecule has 0 aliphatic carbocycles. The molecule has 0 saturated carbocycles. The Morgan fingerprint density at radius 1 is 1.37 bits per heavy atom. The molecule has 0 amide bonds. The van der Waals surface area contributed by atoms with Gasteiger partial charge in [-0.15, -0.1) is 22.7 Å². The number of hydrogen-bond donors (Lipinski definition) is 2. The highest BCUT2D eigenvalue weighted by Gasteiger charge is 2.16. The summed E-state index contributed by atoms with van der Waals surface area (Å²) in [5.41, 5.74) is 0. The summed E-state index contributed by atoms with van der Waals surface area (Å²) in [6.45, 7) is 2.85. The molecule has 2 heterocycles. The van der Waals surface area contributed by atoms with E-state index in [0.29, 0.717) is 11.4 Å². The topological polar surface area (TPSA) is 71.1 Å². The van der Waals surface area contributed by atoms with Crippen molar-refractivity contribution in [1.29, 1.82) is 0 Å². The Kier molecular flexibility index (Phi) is 4.69. The smallest absolute Gasteiger partial charge is 0.241 e. The number of thiazole rings is 1. The van der Waals surface area contributed by atoms with Crippen LogP contribution in [0.25, 0.3) is 0 Å². The molecule has 2 N–H and O–H groups in total. The van der Waals surface area contributed by atoms with Gasteiger partial charge in [-0.3, -0.25) is 0 Å².